The van der Waals surface area contributed by atoms with Crippen LogP contribution in [0.15, 0.2) is 84.9 Å². The van der Waals surface area contributed by atoms with E-state index in [1.807, 2.05) is 50.2 Å². The first-order chi connectivity index (χ1) is 20.4. The van der Waals surface area contributed by atoms with Crippen molar-refractivity contribution in [1.29, 1.82) is 0 Å². The lowest BCUT2D eigenvalue weighted by atomic mass is 10.0. The van der Waals surface area contributed by atoms with Gasteiger partial charge >= 0.3 is 6.18 Å². The van der Waals surface area contributed by atoms with Gasteiger partial charge in [-0.3, -0.25) is 9.59 Å². The number of primary amides is 1. The van der Waals surface area contributed by atoms with Crippen LogP contribution in [0.4, 0.5) is 36.1 Å². The molecule has 0 aliphatic rings. The Kier molecular flexibility index (Phi) is 7.73. The summed E-state index contributed by atoms with van der Waals surface area (Å²) in [4.78, 5) is 36.7. The van der Waals surface area contributed by atoms with Gasteiger partial charge in [-0.2, -0.15) is 13.2 Å². The molecule has 0 saturated heterocycles. The third-order valence-electron chi connectivity index (χ3n) is 6.81. The van der Waals surface area contributed by atoms with E-state index in [9.17, 15) is 22.8 Å². The van der Waals surface area contributed by atoms with E-state index in [0.29, 0.717) is 28.0 Å². The van der Waals surface area contributed by atoms with E-state index in [-0.39, 0.29) is 17.0 Å². The van der Waals surface area contributed by atoms with Gasteiger partial charge in [-0.05, 0) is 73.2 Å². The van der Waals surface area contributed by atoms with E-state index in [1.54, 1.807) is 36.4 Å². The fraction of sp³-hybridized carbons (Fsp3) is 0.125. The maximum absolute atomic E-state index is 13.2. The molecule has 43 heavy (non-hydrogen) atoms. The summed E-state index contributed by atoms with van der Waals surface area (Å²) in [7, 11) is 3.86. The molecule has 5 aromatic rings. The van der Waals surface area contributed by atoms with Crippen molar-refractivity contribution in [2.45, 2.75) is 13.1 Å². The van der Waals surface area contributed by atoms with E-state index >= 15 is 0 Å². The SMILES string of the molecule is Cc1ccc(NC(=O)c2cccc(C(F)(F)F)c2)cc1-c1nc(Nc2cccc(N(C)C)c2)c2cccc(C(N)=O)c2n1. The summed E-state index contributed by atoms with van der Waals surface area (Å²) in [6.45, 7) is 1.83. The molecule has 11 heteroatoms. The fourth-order valence-corrected chi connectivity index (χ4v) is 4.55. The molecular formula is C32H27F3N6O2. The minimum atomic E-state index is -4.58. The first-order valence-corrected chi connectivity index (χ1v) is 13.2. The topological polar surface area (TPSA) is 113 Å². The van der Waals surface area contributed by atoms with Crippen LogP contribution in [-0.4, -0.2) is 35.9 Å². The number of alkyl halides is 3. The zero-order chi connectivity index (χ0) is 30.9. The van der Waals surface area contributed by atoms with Gasteiger partial charge in [0.05, 0.1) is 16.6 Å². The number of amides is 2. The van der Waals surface area contributed by atoms with Crippen molar-refractivity contribution in [3.05, 3.63) is 107 Å². The van der Waals surface area contributed by atoms with Crippen LogP contribution >= 0.6 is 0 Å². The van der Waals surface area contributed by atoms with Crippen LogP contribution in [0.2, 0.25) is 0 Å². The predicted octanol–water partition coefficient (Wildman–Crippen LogP) is 6.78. The third kappa shape index (κ3) is 6.25. The summed E-state index contributed by atoms with van der Waals surface area (Å²) in [5.41, 5.74) is 8.49. The molecule has 0 bridgehead atoms. The summed E-state index contributed by atoms with van der Waals surface area (Å²) in [6, 6.07) is 21.9. The fourth-order valence-electron chi connectivity index (χ4n) is 4.55. The Morgan fingerprint density at radius 3 is 2.33 bits per heavy atom. The highest BCUT2D eigenvalue weighted by Gasteiger charge is 2.31. The average molecular weight is 585 g/mol. The van der Waals surface area contributed by atoms with Crippen LogP contribution in [0, 0.1) is 6.92 Å². The van der Waals surface area contributed by atoms with E-state index in [4.69, 9.17) is 15.7 Å². The number of hydrogen-bond acceptors (Lipinski definition) is 6. The van der Waals surface area contributed by atoms with Crippen molar-refractivity contribution < 1.29 is 22.8 Å². The van der Waals surface area contributed by atoms with Crippen LogP contribution in [0.1, 0.15) is 31.8 Å². The standard InChI is InChI=1S/C32H27F3N6O2/c1-18-13-14-22(38-31(43)19-7-4-8-20(15-19)32(33,34)35)17-26(18)30-39-27-24(28(36)42)11-6-12-25(27)29(40-30)37-21-9-5-10-23(16-21)41(2)3/h4-17H,1-3H3,(H2,36,42)(H,38,43)(H,37,39,40). The Morgan fingerprint density at radius 1 is 0.860 bits per heavy atom. The van der Waals surface area contributed by atoms with Gasteiger partial charge in [-0.25, -0.2) is 9.97 Å². The predicted molar refractivity (Wildman–Crippen MR) is 162 cm³/mol. The molecule has 0 aliphatic heterocycles. The van der Waals surface area contributed by atoms with Crippen molar-refractivity contribution >= 4 is 45.6 Å². The Morgan fingerprint density at radius 2 is 1.60 bits per heavy atom. The first-order valence-electron chi connectivity index (χ1n) is 13.2. The Labute approximate surface area is 245 Å². The Bertz CT molecular complexity index is 1870. The number of carbonyl (C=O) groups is 2. The third-order valence-corrected chi connectivity index (χ3v) is 6.81. The van der Waals surface area contributed by atoms with Gasteiger partial charge in [-0.1, -0.05) is 24.3 Å². The maximum Gasteiger partial charge on any atom is 0.416 e. The first kappa shape index (κ1) is 29.1. The molecule has 218 valence electrons. The normalized spacial score (nSPS) is 11.3. The summed E-state index contributed by atoms with van der Waals surface area (Å²) in [5, 5.41) is 6.56. The number of anilines is 4. The number of aromatic nitrogens is 2. The molecule has 1 aromatic heterocycles. The van der Waals surface area contributed by atoms with E-state index in [1.165, 1.54) is 12.1 Å². The van der Waals surface area contributed by atoms with Crippen LogP contribution < -0.4 is 21.3 Å². The number of aryl methyl sites for hydroxylation is 1. The van der Waals surface area contributed by atoms with Gasteiger partial charge in [0.15, 0.2) is 5.82 Å². The van der Waals surface area contributed by atoms with Crippen molar-refractivity contribution in [1.82, 2.24) is 9.97 Å². The molecule has 0 unspecified atom stereocenters. The van der Waals surface area contributed by atoms with Crippen molar-refractivity contribution in [3.8, 4) is 11.4 Å². The van der Waals surface area contributed by atoms with E-state index < -0.39 is 23.6 Å². The molecule has 0 fully saturated rings. The lowest BCUT2D eigenvalue weighted by molar-refractivity contribution is -0.137. The largest absolute Gasteiger partial charge is 0.416 e. The lowest BCUT2D eigenvalue weighted by Gasteiger charge is -2.16. The molecule has 8 nitrogen and oxygen atoms in total. The number of nitrogens with two attached hydrogens (primary N) is 1. The van der Waals surface area contributed by atoms with E-state index in [0.717, 1.165) is 29.1 Å². The molecule has 0 aliphatic carbocycles. The van der Waals surface area contributed by atoms with Gasteiger partial charge in [-0.15, -0.1) is 0 Å². The molecule has 2 amide bonds. The molecule has 1 heterocycles. The number of nitrogens with one attached hydrogen (secondary N) is 2. The number of para-hydroxylation sites is 1. The zero-order valence-electron chi connectivity index (χ0n) is 23.5. The molecule has 4 aromatic carbocycles. The van der Waals surface area contributed by atoms with Crippen LogP contribution in [0.5, 0.6) is 0 Å². The second kappa shape index (κ2) is 11.4. The summed E-state index contributed by atoms with van der Waals surface area (Å²) >= 11 is 0. The van der Waals surface area contributed by atoms with Crippen LogP contribution in [-0.2, 0) is 6.18 Å². The Hall–Kier alpha value is -5.45. The maximum atomic E-state index is 13.2. The average Bonchev–Trinajstić information content (AvgIpc) is 2.97. The van der Waals surface area contributed by atoms with Crippen LogP contribution in [0.3, 0.4) is 0 Å². The minimum Gasteiger partial charge on any atom is -0.378 e. The summed E-state index contributed by atoms with van der Waals surface area (Å²) in [5.74, 6) is -0.689. The zero-order valence-corrected chi connectivity index (χ0v) is 23.5. The Balaban J connectivity index is 1.58. The van der Waals surface area contributed by atoms with Gasteiger partial charge < -0.3 is 21.3 Å². The number of nitrogens with zero attached hydrogens (tertiary/aromatic N) is 3. The molecule has 5 rings (SSSR count). The van der Waals surface area contributed by atoms with Crippen LogP contribution in [0.25, 0.3) is 22.3 Å². The molecule has 0 saturated carbocycles. The van der Waals surface area contributed by atoms with Gasteiger partial charge in [0.2, 0.25) is 0 Å². The number of halogens is 3. The van der Waals surface area contributed by atoms with Crippen molar-refractivity contribution in [2.24, 2.45) is 5.73 Å². The smallest absolute Gasteiger partial charge is 0.378 e. The van der Waals surface area contributed by atoms with Gasteiger partial charge in [0.1, 0.15) is 5.82 Å². The quantitative estimate of drug-likeness (QED) is 0.194. The summed E-state index contributed by atoms with van der Waals surface area (Å²) in [6.07, 6.45) is -4.58. The number of rotatable bonds is 7. The highest BCUT2D eigenvalue weighted by atomic mass is 19.4. The molecular weight excluding hydrogens is 557 g/mol. The second-order valence-corrected chi connectivity index (χ2v) is 10.1. The second-order valence-electron chi connectivity index (χ2n) is 10.1. The number of carbonyl (C=O) groups excluding carboxylic acids is 2. The number of benzene rings is 4. The monoisotopic (exact) mass is 584 g/mol. The molecule has 0 atom stereocenters. The van der Waals surface area contributed by atoms with Crippen molar-refractivity contribution in [2.75, 3.05) is 29.6 Å². The van der Waals surface area contributed by atoms with Gasteiger partial charge in [0.25, 0.3) is 11.8 Å². The number of hydrogen-bond donors (Lipinski definition) is 3. The highest BCUT2D eigenvalue weighted by molar-refractivity contribution is 6.08. The van der Waals surface area contributed by atoms with Gasteiger partial charge in [0, 0.05) is 47.7 Å². The van der Waals surface area contributed by atoms with E-state index in [2.05, 4.69) is 10.6 Å². The molecule has 4 N–H and O–H groups in total. The molecule has 0 radical (unpaired) electrons. The summed E-state index contributed by atoms with van der Waals surface area (Å²) < 4.78 is 39.5. The minimum absolute atomic E-state index is 0.142. The lowest BCUT2D eigenvalue weighted by Crippen LogP contribution is -2.14. The highest BCUT2D eigenvalue weighted by Crippen LogP contribution is 2.33. The molecule has 0 spiro atoms. The number of fused-ring (bicyclic) bond motifs is 1. The van der Waals surface area contributed by atoms with Crippen molar-refractivity contribution in [3.63, 3.8) is 0 Å².